The molecule has 1 aliphatic heterocycles. The molecule has 1 atom stereocenters. The van der Waals surface area contributed by atoms with E-state index in [2.05, 4.69) is 10.3 Å². The third kappa shape index (κ3) is 3.64. The van der Waals surface area contributed by atoms with E-state index in [-0.39, 0.29) is 11.7 Å². The Morgan fingerprint density at radius 3 is 2.80 bits per heavy atom. The zero-order valence-corrected chi connectivity index (χ0v) is 11.8. The molecule has 2 heterocycles. The Morgan fingerprint density at radius 2 is 2.25 bits per heavy atom. The van der Waals surface area contributed by atoms with Gasteiger partial charge < -0.3 is 5.32 Å². The van der Waals surface area contributed by atoms with Gasteiger partial charge in [0.15, 0.2) is 0 Å². The number of nitrogens with one attached hydrogen (secondary N) is 1. The summed E-state index contributed by atoms with van der Waals surface area (Å²) in [4.78, 5) is 14.0. The van der Waals surface area contributed by atoms with Crippen molar-refractivity contribution < 1.29 is 13.3 Å². The van der Waals surface area contributed by atoms with Gasteiger partial charge in [0, 0.05) is 25.2 Å². The summed E-state index contributed by atoms with van der Waals surface area (Å²) >= 11 is 0. The Labute approximate surface area is 117 Å². The largest absolute Gasteiger partial charge is 0.366 e. The molecule has 0 aromatic carbocycles. The number of anilines is 1. The highest BCUT2D eigenvalue weighted by atomic mass is 32.2. The van der Waals surface area contributed by atoms with Gasteiger partial charge in [0.1, 0.15) is 12.0 Å². The number of hydrogen-bond donors (Lipinski definition) is 1. The lowest BCUT2D eigenvalue weighted by molar-refractivity contribution is -0.385. The summed E-state index contributed by atoms with van der Waals surface area (Å²) < 4.78 is 24.5. The van der Waals surface area contributed by atoms with Crippen LogP contribution in [0.5, 0.6) is 0 Å². The van der Waals surface area contributed by atoms with Crippen molar-refractivity contribution in [1.82, 2.24) is 9.29 Å². The Morgan fingerprint density at radius 1 is 1.50 bits per heavy atom. The van der Waals surface area contributed by atoms with Gasteiger partial charge in [-0.15, -0.1) is 0 Å². The predicted octanol–water partition coefficient (Wildman–Crippen LogP) is 0.826. The number of rotatable bonds is 4. The van der Waals surface area contributed by atoms with Crippen molar-refractivity contribution in [3.05, 3.63) is 28.4 Å². The zero-order chi connectivity index (χ0) is 14.8. The highest BCUT2D eigenvalue weighted by molar-refractivity contribution is 7.88. The molecule has 0 aliphatic carbocycles. The summed E-state index contributed by atoms with van der Waals surface area (Å²) in [5, 5.41) is 13.6. The molecule has 1 fully saturated rings. The molecule has 1 saturated heterocycles. The minimum Gasteiger partial charge on any atom is -0.366 e. The predicted molar refractivity (Wildman–Crippen MR) is 74.0 cm³/mol. The lowest BCUT2D eigenvalue weighted by Crippen LogP contribution is -2.44. The number of aromatic nitrogens is 1. The molecule has 1 aromatic rings. The quantitative estimate of drug-likeness (QED) is 0.652. The Balaban J connectivity index is 2.01. The Hall–Kier alpha value is -1.74. The first-order chi connectivity index (χ1) is 9.36. The van der Waals surface area contributed by atoms with Crippen LogP contribution in [0.15, 0.2) is 18.3 Å². The second-order valence-corrected chi connectivity index (χ2v) is 6.75. The van der Waals surface area contributed by atoms with E-state index in [9.17, 15) is 18.5 Å². The van der Waals surface area contributed by atoms with E-state index < -0.39 is 14.9 Å². The fourth-order valence-corrected chi connectivity index (χ4v) is 3.06. The first-order valence-electron chi connectivity index (χ1n) is 6.18. The topological polar surface area (TPSA) is 105 Å². The molecule has 0 saturated carbocycles. The summed E-state index contributed by atoms with van der Waals surface area (Å²) in [5.74, 6) is 0.510. The molecule has 0 radical (unpaired) electrons. The normalized spacial score (nSPS) is 20.6. The molecule has 0 unspecified atom stereocenters. The minimum atomic E-state index is -3.19. The van der Waals surface area contributed by atoms with Crippen LogP contribution in [0.2, 0.25) is 0 Å². The summed E-state index contributed by atoms with van der Waals surface area (Å²) in [7, 11) is -3.19. The molecule has 9 heteroatoms. The van der Waals surface area contributed by atoms with Crippen molar-refractivity contribution >= 4 is 21.5 Å². The summed E-state index contributed by atoms with van der Waals surface area (Å²) in [6.07, 6.45) is 3.99. The molecule has 0 spiro atoms. The summed E-state index contributed by atoms with van der Waals surface area (Å²) in [6.45, 7) is 0.919. The van der Waals surface area contributed by atoms with Gasteiger partial charge in [-0.3, -0.25) is 10.1 Å². The lowest BCUT2D eigenvalue weighted by Gasteiger charge is -2.31. The molecular weight excluding hydrogens is 284 g/mol. The van der Waals surface area contributed by atoms with Crippen LogP contribution in [0.3, 0.4) is 0 Å². The van der Waals surface area contributed by atoms with Crippen LogP contribution in [-0.2, 0) is 10.0 Å². The van der Waals surface area contributed by atoms with Gasteiger partial charge >= 0.3 is 0 Å². The fourth-order valence-electron chi connectivity index (χ4n) is 2.15. The second-order valence-electron chi connectivity index (χ2n) is 4.76. The van der Waals surface area contributed by atoms with Crippen molar-refractivity contribution in [2.45, 2.75) is 18.9 Å². The molecule has 20 heavy (non-hydrogen) atoms. The SMILES string of the molecule is CS(=O)(=O)N1CCC[C@@H](Nc2ccc([N+](=O)[O-])cn2)C1. The van der Waals surface area contributed by atoms with Crippen molar-refractivity contribution in [2.24, 2.45) is 0 Å². The number of pyridine rings is 1. The van der Waals surface area contributed by atoms with Crippen LogP contribution in [0, 0.1) is 10.1 Å². The number of nitro groups is 1. The van der Waals surface area contributed by atoms with Gasteiger partial charge in [-0.05, 0) is 18.9 Å². The van der Waals surface area contributed by atoms with Crippen LogP contribution in [0.25, 0.3) is 0 Å². The maximum absolute atomic E-state index is 11.5. The first-order valence-corrected chi connectivity index (χ1v) is 8.03. The molecular formula is C11H16N4O4S. The number of piperidine rings is 1. The zero-order valence-electron chi connectivity index (χ0n) is 11.0. The van der Waals surface area contributed by atoms with Gasteiger partial charge in [-0.2, -0.15) is 0 Å². The van der Waals surface area contributed by atoms with Crippen LogP contribution in [-0.4, -0.2) is 48.0 Å². The number of nitrogens with zero attached hydrogens (tertiary/aromatic N) is 3. The maximum atomic E-state index is 11.5. The van der Waals surface area contributed by atoms with Gasteiger partial charge in [-0.25, -0.2) is 17.7 Å². The van der Waals surface area contributed by atoms with Crippen molar-refractivity contribution in [2.75, 3.05) is 24.7 Å². The third-order valence-corrected chi connectivity index (χ3v) is 4.43. The first kappa shape index (κ1) is 14.7. The van der Waals surface area contributed by atoms with Crippen molar-refractivity contribution in [1.29, 1.82) is 0 Å². The maximum Gasteiger partial charge on any atom is 0.287 e. The summed E-state index contributed by atoms with van der Waals surface area (Å²) in [5.41, 5.74) is -0.0723. The highest BCUT2D eigenvalue weighted by Gasteiger charge is 2.25. The van der Waals surface area contributed by atoms with E-state index >= 15 is 0 Å². The van der Waals surface area contributed by atoms with E-state index in [4.69, 9.17) is 0 Å². The highest BCUT2D eigenvalue weighted by Crippen LogP contribution is 2.18. The minimum absolute atomic E-state index is 0.0348. The van der Waals surface area contributed by atoms with Gasteiger partial charge in [0.2, 0.25) is 10.0 Å². The van der Waals surface area contributed by atoms with Gasteiger partial charge in [-0.1, -0.05) is 0 Å². The van der Waals surface area contributed by atoms with E-state index in [1.54, 1.807) is 0 Å². The van der Waals surface area contributed by atoms with Gasteiger partial charge in [0.05, 0.1) is 11.2 Å². The third-order valence-electron chi connectivity index (χ3n) is 3.16. The molecule has 0 bridgehead atoms. The van der Waals surface area contributed by atoms with E-state index in [1.165, 1.54) is 28.9 Å². The van der Waals surface area contributed by atoms with Crippen LogP contribution < -0.4 is 5.32 Å². The lowest BCUT2D eigenvalue weighted by atomic mass is 10.1. The Bertz CT molecular complexity index is 587. The molecule has 2 rings (SSSR count). The molecule has 1 aliphatic rings. The molecule has 0 amide bonds. The van der Waals surface area contributed by atoms with E-state index in [0.717, 1.165) is 12.8 Å². The molecule has 1 aromatic heterocycles. The average molecular weight is 300 g/mol. The monoisotopic (exact) mass is 300 g/mol. The Kier molecular flexibility index (Phi) is 4.19. The second kappa shape index (κ2) is 5.71. The fraction of sp³-hybridized carbons (Fsp3) is 0.545. The van der Waals surface area contributed by atoms with Crippen LogP contribution in [0.1, 0.15) is 12.8 Å². The number of hydrogen-bond acceptors (Lipinski definition) is 6. The average Bonchev–Trinajstić information content (AvgIpc) is 2.38. The smallest absolute Gasteiger partial charge is 0.287 e. The van der Waals surface area contributed by atoms with E-state index in [1.807, 2.05) is 0 Å². The number of sulfonamides is 1. The standard InChI is InChI=1S/C11H16N4O4S/c1-20(18,19)14-6-2-3-9(8-14)13-11-5-4-10(7-12-11)15(16)17/h4-5,7,9H,2-3,6,8H2,1H3,(H,12,13)/t9-/m1/s1. The van der Waals surface area contributed by atoms with Crippen LogP contribution >= 0.6 is 0 Å². The van der Waals surface area contributed by atoms with Crippen molar-refractivity contribution in [3.63, 3.8) is 0 Å². The molecule has 8 nitrogen and oxygen atoms in total. The van der Waals surface area contributed by atoms with Gasteiger partial charge in [0.25, 0.3) is 5.69 Å². The molecule has 110 valence electrons. The van der Waals surface area contributed by atoms with Crippen LogP contribution in [0.4, 0.5) is 11.5 Å². The van der Waals surface area contributed by atoms with Crippen molar-refractivity contribution in [3.8, 4) is 0 Å². The molecule has 1 N–H and O–H groups in total. The van der Waals surface area contributed by atoms with E-state index in [0.29, 0.717) is 18.9 Å². The summed E-state index contributed by atoms with van der Waals surface area (Å²) in [6, 6.07) is 2.86.